The molecular weight excluding hydrogens is 398 g/mol. The van der Waals surface area contributed by atoms with Crippen molar-refractivity contribution >= 4 is 16.7 Å². The van der Waals surface area contributed by atoms with Gasteiger partial charge in [0.1, 0.15) is 0 Å². The Hall–Kier alpha value is -2.58. The fourth-order valence-corrected chi connectivity index (χ4v) is 3.85. The predicted octanol–water partition coefficient (Wildman–Crippen LogP) is 2.13. The molecule has 8 heteroatoms. The molecule has 1 aliphatic heterocycles. The zero-order valence-corrected chi connectivity index (χ0v) is 18.9. The Morgan fingerprint density at radius 3 is 2.39 bits per heavy atom. The van der Waals surface area contributed by atoms with E-state index in [1.165, 1.54) is 14.2 Å². The minimum atomic E-state index is -0.197. The van der Waals surface area contributed by atoms with E-state index in [1.807, 2.05) is 13.8 Å². The molecule has 31 heavy (non-hydrogen) atoms. The molecule has 1 fully saturated rings. The first-order valence-corrected chi connectivity index (χ1v) is 10.8. The third-order valence-electron chi connectivity index (χ3n) is 5.44. The summed E-state index contributed by atoms with van der Waals surface area (Å²) < 4.78 is 17.7. The number of aromatic nitrogens is 1. The molecule has 2 aromatic rings. The average Bonchev–Trinajstić information content (AvgIpc) is 2.78. The molecule has 1 aromatic heterocycles. The summed E-state index contributed by atoms with van der Waals surface area (Å²) in [4.78, 5) is 28.5. The number of amides is 1. The van der Waals surface area contributed by atoms with E-state index in [4.69, 9.17) is 14.2 Å². The lowest BCUT2D eigenvalue weighted by atomic mass is 10.0. The molecule has 0 unspecified atom stereocenters. The minimum Gasteiger partial charge on any atom is -0.493 e. The molecule has 2 heterocycles. The van der Waals surface area contributed by atoms with Crippen molar-refractivity contribution < 1.29 is 19.0 Å². The lowest BCUT2D eigenvalue weighted by Crippen LogP contribution is -2.38. The molecule has 170 valence electrons. The van der Waals surface area contributed by atoms with Gasteiger partial charge in [-0.1, -0.05) is 13.8 Å². The zero-order valence-electron chi connectivity index (χ0n) is 18.9. The SMILES string of the molecule is COc1cc2c(C(=O)NCCCN3CCOCC3)cn(CC(C)C)c(=O)c2cc1OC. The molecule has 1 aromatic carbocycles. The van der Waals surface area contributed by atoms with Crippen LogP contribution in [0.4, 0.5) is 0 Å². The number of ether oxygens (including phenoxy) is 3. The molecule has 0 spiro atoms. The maximum Gasteiger partial charge on any atom is 0.258 e. The van der Waals surface area contributed by atoms with E-state index in [-0.39, 0.29) is 17.4 Å². The van der Waals surface area contributed by atoms with Gasteiger partial charge in [-0.3, -0.25) is 14.5 Å². The molecule has 1 aliphatic rings. The summed E-state index contributed by atoms with van der Waals surface area (Å²) in [5.41, 5.74) is 0.316. The van der Waals surface area contributed by atoms with Gasteiger partial charge in [0, 0.05) is 37.8 Å². The van der Waals surface area contributed by atoms with Crippen molar-refractivity contribution in [3.63, 3.8) is 0 Å². The van der Waals surface area contributed by atoms with Gasteiger partial charge in [0.25, 0.3) is 11.5 Å². The molecule has 8 nitrogen and oxygen atoms in total. The number of carbonyl (C=O) groups is 1. The van der Waals surface area contributed by atoms with Crippen LogP contribution in [-0.4, -0.2) is 69.0 Å². The quantitative estimate of drug-likeness (QED) is 0.613. The predicted molar refractivity (Wildman–Crippen MR) is 120 cm³/mol. The van der Waals surface area contributed by atoms with E-state index in [9.17, 15) is 9.59 Å². The van der Waals surface area contributed by atoms with Crippen molar-refractivity contribution in [3.8, 4) is 11.5 Å². The molecule has 1 N–H and O–H groups in total. The normalized spacial score (nSPS) is 14.7. The van der Waals surface area contributed by atoms with Crippen molar-refractivity contribution in [1.82, 2.24) is 14.8 Å². The van der Waals surface area contributed by atoms with E-state index in [1.54, 1.807) is 22.9 Å². The number of carbonyl (C=O) groups excluding carboxylic acids is 1. The van der Waals surface area contributed by atoms with E-state index in [0.29, 0.717) is 40.9 Å². The number of rotatable bonds is 9. The van der Waals surface area contributed by atoms with Crippen molar-refractivity contribution in [3.05, 3.63) is 34.2 Å². The number of benzene rings is 1. The summed E-state index contributed by atoms with van der Waals surface area (Å²) in [6.07, 6.45) is 2.51. The van der Waals surface area contributed by atoms with Gasteiger partial charge in [-0.15, -0.1) is 0 Å². The lowest BCUT2D eigenvalue weighted by molar-refractivity contribution is 0.0374. The fraction of sp³-hybridized carbons (Fsp3) is 0.565. The number of pyridine rings is 1. The topological polar surface area (TPSA) is 82.0 Å². The highest BCUT2D eigenvalue weighted by Crippen LogP contribution is 2.32. The Labute approximate surface area is 183 Å². The molecule has 0 saturated carbocycles. The number of hydrogen-bond acceptors (Lipinski definition) is 6. The maximum absolute atomic E-state index is 13.1. The Balaban J connectivity index is 1.86. The minimum absolute atomic E-state index is 0.145. The number of hydrogen-bond donors (Lipinski definition) is 1. The summed E-state index contributed by atoms with van der Waals surface area (Å²) in [5, 5.41) is 4.02. The Bertz CT molecular complexity index is 964. The maximum atomic E-state index is 13.1. The zero-order chi connectivity index (χ0) is 22.4. The van der Waals surface area contributed by atoms with Crippen LogP contribution in [0.3, 0.4) is 0 Å². The summed E-state index contributed by atoms with van der Waals surface area (Å²) in [6.45, 7) is 9.48. The van der Waals surface area contributed by atoms with Gasteiger partial charge in [0.15, 0.2) is 11.5 Å². The highest BCUT2D eigenvalue weighted by atomic mass is 16.5. The number of fused-ring (bicyclic) bond motifs is 1. The van der Waals surface area contributed by atoms with Crippen molar-refractivity contribution in [2.24, 2.45) is 5.92 Å². The van der Waals surface area contributed by atoms with E-state index >= 15 is 0 Å². The Morgan fingerprint density at radius 2 is 1.77 bits per heavy atom. The molecule has 0 atom stereocenters. The van der Waals surface area contributed by atoms with Crippen molar-refractivity contribution in [2.75, 3.05) is 53.6 Å². The highest BCUT2D eigenvalue weighted by molar-refractivity contribution is 6.07. The van der Waals surface area contributed by atoms with Crippen LogP contribution < -0.4 is 20.3 Å². The number of methoxy groups -OCH3 is 2. The summed E-state index contributed by atoms with van der Waals surface area (Å²) >= 11 is 0. The first-order valence-electron chi connectivity index (χ1n) is 10.8. The van der Waals surface area contributed by atoms with Gasteiger partial charge in [-0.05, 0) is 31.0 Å². The standard InChI is InChI=1S/C23H33N3O5/c1-16(2)14-26-15-19(22(27)24-6-5-7-25-8-10-31-11-9-25)17-12-20(29-3)21(30-4)13-18(17)23(26)28/h12-13,15-16H,5-11,14H2,1-4H3,(H,24,27). The van der Waals surface area contributed by atoms with Crippen molar-refractivity contribution in [1.29, 1.82) is 0 Å². The van der Waals surface area contributed by atoms with Crippen LogP contribution >= 0.6 is 0 Å². The Morgan fingerprint density at radius 1 is 1.13 bits per heavy atom. The highest BCUT2D eigenvalue weighted by Gasteiger charge is 2.19. The average molecular weight is 432 g/mol. The first kappa shape index (κ1) is 23.1. The van der Waals surface area contributed by atoms with Crippen LogP contribution in [0.1, 0.15) is 30.6 Å². The number of nitrogens with one attached hydrogen (secondary N) is 1. The van der Waals surface area contributed by atoms with E-state index < -0.39 is 0 Å². The molecule has 0 bridgehead atoms. The molecular formula is C23H33N3O5. The molecule has 0 aliphatic carbocycles. The smallest absolute Gasteiger partial charge is 0.258 e. The molecule has 1 saturated heterocycles. The number of nitrogens with zero attached hydrogens (tertiary/aromatic N) is 2. The van der Waals surface area contributed by atoms with Gasteiger partial charge in [-0.2, -0.15) is 0 Å². The number of morpholine rings is 1. The molecule has 0 radical (unpaired) electrons. The molecule has 1 amide bonds. The Kier molecular flexibility index (Phi) is 7.92. The van der Waals surface area contributed by atoms with Crippen LogP contribution in [-0.2, 0) is 11.3 Å². The van der Waals surface area contributed by atoms with Crippen molar-refractivity contribution in [2.45, 2.75) is 26.8 Å². The van der Waals surface area contributed by atoms with Crippen LogP contribution in [0.25, 0.3) is 10.8 Å². The van der Waals surface area contributed by atoms with E-state index in [0.717, 1.165) is 39.3 Å². The summed E-state index contributed by atoms with van der Waals surface area (Å²) in [5.74, 6) is 1.01. The third kappa shape index (κ3) is 5.57. The summed E-state index contributed by atoms with van der Waals surface area (Å²) in [7, 11) is 3.07. The van der Waals surface area contributed by atoms with Crippen LogP contribution in [0.2, 0.25) is 0 Å². The second kappa shape index (κ2) is 10.6. The van der Waals surface area contributed by atoms with Gasteiger partial charge >= 0.3 is 0 Å². The molecule has 3 rings (SSSR count). The van der Waals surface area contributed by atoms with Crippen LogP contribution in [0, 0.1) is 5.92 Å². The summed E-state index contributed by atoms with van der Waals surface area (Å²) in [6, 6.07) is 3.36. The second-order valence-corrected chi connectivity index (χ2v) is 8.21. The van der Waals surface area contributed by atoms with Gasteiger partial charge in [-0.25, -0.2) is 0 Å². The lowest BCUT2D eigenvalue weighted by Gasteiger charge is -2.26. The largest absolute Gasteiger partial charge is 0.493 e. The second-order valence-electron chi connectivity index (χ2n) is 8.21. The van der Waals surface area contributed by atoms with E-state index in [2.05, 4.69) is 10.2 Å². The van der Waals surface area contributed by atoms with Gasteiger partial charge in [0.2, 0.25) is 0 Å². The van der Waals surface area contributed by atoms with Crippen LogP contribution in [0.15, 0.2) is 23.1 Å². The van der Waals surface area contributed by atoms with Gasteiger partial charge in [0.05, 0.1) is 38.4 Å². The fourth-order valence-electron chi connectivity index (χ4n) is 3.85. The van der Waals surface area contributed by atoms with Crippen LogP contribution in [0.5, 0.6) is 11.5 Å². The third-order valence-corrected chi connectivity index (χ3v) is 5.44. The first-order chi connectivity index (χ1) is 14.9. The van der Waals surface area contributed by atoms with Gasteiger partial charge < -0.3 is 24.1 Å². The monoisotopic (exact) mass is 431 g/mol.